The van der Waals surface area contributed by atoms with Gasteiger partial charge < -0.3 is 0 Å². The number of aromatic nitrogens is 3. The van der Waals surface area contributed by atoms with Gasteiger partial charge in [-0.1, -0.05) is 12.1 Å². The number of halogens is 3. The van der Waals surface area contributed by atoms with Crippen LogP contribution in [0, 0.1) is 0 Å². The summed E-state index contributed by atoms with van der Waals surface area (Å²) in [5, 5.41) is 7.16. The molecule has 3 aromatic rings. The molecule has 1 fully saturated rings. The van der Waals surface area contributed by atoms with E-state index in [0.29, 0.717) is 18.8 Å². The first-order valence-electron chi connectivity index (χ1n) is 8.85. The number of alkyl halides is 3. The minimum Gasteiger partial charge on any atom is -0.295 e. The van der Waals surface area contributed by atoms with E-state index in [0.717, 1.165) is 29.0 Å². The highest BCUT2D eigenvalue weighted by molar-refractivity contribution is 5.94. The molecule has 4 rings (SSSR count). The van der Waals surface area contributed by atoms with Crippen molar-refractivity contribution in [3.8, 4) is 11.3 Å². The van der Waals surface area contributed by atoms with Crippen LogP contribution in [0.5, 0.6) is 0 Å². The summed E-state index contributed by atoms with van der Waals surface area (Å²) in [5.74, 6) is 0.358. The molecule has 1 saturated heterocycles. The molecule has 1 atom stereocenters. The maximum absolute atomic E-state index is 12.7. The van der Waals surface area contributed by atoms with Gasteiger partial charge in [-0.2, -0.15) is 18.3 Å². The van der Waals surface area contributed by atoms with Crippen molar-refractivity contribution in [3.63, 3.8) is 0 Å². The number of rotatable bonds is 3. The van der Waals surface area contributed by atoms with Crippen molar-refractivity contribution >= 4 is 11.7 Å². The van der Waals surface area contributed by atoms with Crippen molar-refractivity contribution in [3.05, 3.63) is 66.0 Å². The highest BCUT2D eigenvalue weighted by Gasteiger charge is 2.32. The minimum absolute atomic E-state index is 0.0929. The number of nitrogens with zero attached hydrogens (tertiary/aromatic N) is 3. The molecule has 28 heavy (non-hydrogen) atoms. The number of piperidine rings is 1. The molecule has 1 unspecified atom stereocenters. The van der Waals surface area contributed by atoms with E-state index >= 15 is 0 Å². The molecule has 0 spiro atoms. The van der Waals surface area contributed by atoms with Gasteiger partial charge in [0.05, 0.1) is 11.3 Å². The highest BCUT2D eigenvalue weighted by atomic mass is 19.4. The predicted octanol–water partition coefficient (Wildman–Crippen LogP) is 4.40. The lowest BCUT2D eigenvalue weighted by atomic mass is 9.88. The first-order valence-corrected chi connectivity index (χ1v) is 8.85. The van der Waals surface area contributed by atoms with Gasteiger partial charge in [0, 0.05) is 37.0 Å². The van der Waals surface area contributed by atoms with Crippen molar-refractivity contribution in [2.24, 2.45) is 0 Å². The third-order valence-electron chi connectivity index (χ3n) is 4.96. The maximum atomic E-state index is 12.7. The van der Waals surface area contributed by atoms with Gasteiger partial charge in [-0.25, -0.2) is 0 Å². The summed E-state index contributed by atoms with van der Waals surface area (Å²) in [7, 11) is 0. The fourth-order valence-corrected chi connectivity index (χ4v) is 3.43. The molecular weight excluding hydrogens is 369 g/mol. The Balaban J connectivity index is 1.46. The van der Waals surface area contributed by atoms with Crippen LogP contribution in [0.15, 0.2) is 54.9 Å². The average Bonchev–Trinajstić information content (AvgIpc) is 3.18. The number of carbonyl (C=O) groups excluding carboxylic acids is 1. The Morgan fingerprint density at radius 2 is 1.79 bits per heavy atom. The number of hydrogen-bond donors (Lipinski definition) is 1. The fraction of sp³-hybridized carbons (Fsp3) is 0.250. The van der Waals surface area contributed by atoms with E-state index in [4.69, 9.17) is 0 Å². The number of anilines is 1. The lowest BCUT2D eigenvalue weighted by Crippen LogP contribution is -2.38. The normalized spacial score (nSPS) is 17.8. The van der Waals surface area contributed by atoms with Gasteiger partial charge in [-0.3, -0.25) is 19.8 Å². The SMILES string of the molecule is O=C1CC(c2ccc(C(F)(F)F)cc2)CCN1c1cc(-c2ccncc2)[nH]n1. The number of carbonyl (C=O) groups is 1. The van der Waals surface area contributed by atoms with Crippen LogP contribution < -0.4 is 4.90 Å². The number of pyridine rings is 1. The van der Waals surface area contributed by atoms with Gasteiger partial charge in [0.15, 0.2) is 5.82 Å². The monoisotopic (exact) mass is 386 g/mol. The Kier molecular flexibility index (Phi) is 4.62. The van der Waals surface area contributed by atoms with E-state index in [-0.39, 0.29) is 18.2 Å². The molecule has 1 aliphatic rings. The standard InChI is InChI=1S/C20H17F3N4O/c21-20(22,23)16-3-1-13(2-4-16)15-7-10-27(19(28)11-15)18-12-17(25-26-18)14-5-8-24-9-6-14/h1-6,8-9,12,15H,7,10-11H2,(H,25,26). The molecule has 0 aliphatic carbocycles. The topological polar surface area (TPSA) is 61.9 Å². The van der Waals surface area contributed by atoms with Crippen molar-refractivity contribution in [2.75, 3.05) is 11.4 Å². The summed E-state index contributed by atoms with van der Waals surface area (Å²) in [6.45, 7) is 0.463. The molecule has 2 aromatic heterocycles. The number of amides is 1. The number of benzene rings is 1. The Bertz CT molecular complexity index is 967. The molecule has 5 nitrogen and oxygen atoms in total. The summed E-state index contributed by atoms with van der Waals surface area (Å²) >= 11 is 0. The summed E-state index contributed by atoms with van der Waals surface area (Å²) in [5.41, 5.74) is 1.77. The van der Waals surface area contributed by atoms with Gasteiger partial charge in [-0.15, -0.1) is 0 Å². The van der Waals surface area contributed by atoms with E-state index in [1.54, 1.807) is 17.3 Å². The van der Waals surface area contributed by atoms with Crippen LogP contribution in [-0.4, -0.2) is 27.6 Å². The smallest absolute Gasteiger partial charge is 0.295 e. The van der Waals surface area contributed by atoms with E-state index in [1.165, 1.54) is 12.1 Å². The zero-order valence-corrected chi connectivity index (χ0v) is 14.8. The average molecular weight is 386 g/mol. The first kappa shape index (κ1) is 18.2. The molecule has 1 aliphatic heterocycles. The van der Waals surface area contributed by atoms with Crippen LogP contribution >= 0.6 is 0 Å². The van der Waals surface area contributed by atoms with Gasteiger partial charge in [0.2, 0.25) is 5.91 Å². The lowest BCUT2D eigenvalue weighted by Gasteiger charge is -2.30. The van der Waals surface area contributed by atoms with Crippen LogP contribution in [-0.2, 0) is 11.0 Å². The second kappa shape index (κ2) is 7.10. The molecule has 144 valence electrons. The third-order valence-corrected chi connectivity index (χ3v) is 4.96. The molecule has 3 heterocycles. The predicted molar refractivity (Wildman–Crippen MR) is 97.6 cm³/mol. The van der Waals surface area contributed by atoms with Crippen LogP contribution in [0.1, 0.15) is 29.9 Å². The third kappa shape index (κ3) is 3.62. The molecule has 0 saturated carbocycles. The van der Waals surface area contributed by atoms with Crippen molar-refractivity contribution < 1.29 is 18.0 Å². The summed E-state index contributed by atoms with van der Waals surface area (Å²) < 4.78 is 38.1. The molecule has 8 heteroatoms. The summed E-state index contributed by atoms with van der Waals surface area (Å²) in [6, 6.07) is 10.6. The zero-order chi connectivity index (χ0) is 19.7. The zero-order valence-electron chi connectivity index (χ0n) is 14.8. The Morgan fingerprint density at radius 3 is 2.43 bits per heavy atom. The summed E-state index contributed by atoms with van der Waals surface area (Å²) in [4.78, 5) is 18.2. The molecular formula is C20H17F3N4O. The van der Waals surface area contributed by atoms with Gasteiger partial charge in [0.1, 0.15) is 0 Å². The van der Waals surface area contributed by atoms with E-state index < -0.39 is 11.7 Å². The van der Waals surface area contributed by atoms with Crippen LogP contribution in [0.25, 0.3) is 11.3 Å². The van der Waals surface area contributed by atoms with Gasteiger partial charge in [-0.05, 0) is 42.2 Å². The summed E-state index contributed by atoms with van der Waals surface area (Å²) in [6.07, 6.45) is -0.103. The van der Waals surface area contributed by atoms with Crippen LogP contribution in [0.2, 0.25) is 0 Å². The molecule has 1 amide bonds. The fourth-order valence-electron chi connectivity index (χ4n) is 3.43. The first-order chi connectivity index (χ1) is 13.4. The van der Waals surface area contributed by atoms with Crippen molar-refractivity contribution in [1.82, 2.24) is 15.2 Å². The van der Waals surface area contributed by atoms with Gasteiger partial charge >= 0.3 is 6.18 Å². The number of aromatic amines is 1. The molecule has 0 bridgehead atoms. The Labute approximate surface area is 159 Å². The lowest BCUT2D eigenvalue weighted by molar-refractivity contribution is -0.137. The Morgan fingerprint density at radius 1 is 1.07 bits per heavy atom. The highest BCUT2D eigenvalue weighted by Crippen LogP contribution is 2.34. The molecule has 1 N–H and O–H groups in total. The number of nitrogens with one attached hydrogen (secondary N) is 1. The van der Waals surface area contributed by atoms with Crippen molar-refractivity contribution in [1.29, 1.82) is 0 Å². The second-order valence-corrected chi connectivity index (χ2v) is 6.73. The number of H-pyrrole nitrogens is 1. The van der Waals surface area contributed by atoms with E-state index in [2.05, 4.69) is 15.2 Å². The van der Waals surface area contributed by atoms with Gasteiger partial charge in [0.25, 0.3) is 0 Å². The van der Waals surface area contributed by atoms with Crippen molar-refractivity contribution in [2.45, 2.75) is 24.9 Å². The van der Waals surface area contributed by atoms with Crippen LogP contribution in [0.3, 0.4) is 0 Å². The molecule has 1 aromatic carbocycles. The van der Waals surface area contributed by atoms with E-state index in [1.807, 2.05) is 18.2 Å². The largest absolute Gasteiger partial charge is 0.416 e. The number of hydrogen-bond acceptors (Lipinski definition) is 3. The van der Waals surface area contributed by atoms with E-state index in [9.17, 15) is 18.0 Å². The maximum Gasteiger partial charge on any atom is 0.416 e. The quantitative estimate of drug-likeness (QED) is 0.726. The molecule has 0 radical (unpaired) electrons. The second-order valence-electron chi connectivity index (χ2n) is 6.73. The van der Waals surface area contributed by atoms with Crippen LogP contribution in [0.4, 0.5) is 19.0 Å². The minimum atomic E-state index is -4.36. The Hall–Kier alpha value is -3.16.